The SMILES string of the molecule is CCCCCCCCCC/C=C\CCCCCCCCCCCCCCCCCCCC(=O)NC(COC1OC(CO)C(OC2OC(CO)C(OC3OC(CO)C(O)C(O)C3O)C(O)C2O)C(O)C1O)C(O)/C=C/CC/C=C/CCCCCCCCCCCCCC. The van der Waals surface area contributed by atoms with Crippen molar-refractivity contribution in [1.29, 1.82) is 0 Å². The van der Waals surface area contributed by atoms with Crippen LogP contribution in [-0.2, 0) is 33.2 Å². The fourth-order valence-electron chi connectivity index (χ4n) is 12.6. The third-order valence-electron chi connectivity index (χ3n) is 18.7. The van der Waals surface area contributed by atoms with Crippen LogP contribution in [0.25, 0.3) is 0 Å². The Balaban J connectivity index is 1.40. The molecule has 0 aliphatic carbocycles. The Labute approximate surface area is 555 Å². The van der Waals surface area contributed by atoms with E-state index in [0.717, 1.165) is 38.5 Å². The minimum Gasteiger partial charge on any atom is -0.394 e. The van der Waals surface area contributed by atoms with Gasteiger partial charge < -0.3 is 89.9 Å². The third-order valence-corrected chi connectivity index (χ3v) is 18.7. The zero-order valence-corrected chi connectivity index (χ0v) is 57.3. The topological polar surface area (TPSA) is 307 Å². The molecule has 0 spiro atoms. The van der Waals surface area contributed by atoms with Crippen LogP contribution in [0.4, 0.5) is 0 Å². The van der Waals surface area contributed by atoms with Crippen LogP contribution in [0.3, 0.4) is 0 Å². The van der Waals surface area contributed by atoms with Crippen molar-refractivity contribution in [3.63, 3.8) is 0 Å². The maximum atomic E-state index is 13.4. The molecular weight excluding hydrogens is 1180 g/mol. The predicted octanol–water partition coefficient (Wildman–Crippen LogP) is 10.8. The Bertz CT molecular complexity index is 1810. The number of unbranched alkanes of at least 4 members (excludes halogenated alkanes) is 38. The lowest BCUT2D eigenvalue weighted by Crippen LogP contribution is -2.66. The summed E-state index contributed by atoms with van der Waals surface area (Å²) in [5.74, 6) is -0.281. The van der Waals surface area contributed by atoms with E-state index in [9.17, 15) is 61.0 Å². The molecular formula is C73H135NO18. The summed E-state index contributed by atoms with van der Waals surface area (Å²) >= 11 is 0. The highest BCUT2D eigenvalue weighted by Gasteiger charge is 2.53. The van der Waals surface area contributed by atoms with Gasteiger partial charge in [-0.1, -0.05) is 262 Å². The number of amides is 1. The molecule has 92 heavy (non-hydrogen) atoms. The fourth-order valence-corrected chi connectivity index (χ4v) is 12.6. The van der Waals surface area contributed by atoms with Crippen molar-refractivity contribution in [3.05, 3.63) is 36.5 Å². The average molecular weight is 1310 g/mol. The molecule has 3 fully saturated rings. The van der Waals surface area contributed by atoms with Gasteiger partial charge in [-0.2, -0.15) is 0 Å². The van der Waals surface area contributed by atoms with Gasteiger partial charge in [0.15, 0.2) is 18.9 Å². The lowest BCUT2D eigenvalue weighted by atomic mass is 9.96. The molecule has 19 nitrogen and oxygen atoms in total. The summed E-state index contributed by atoms with van der Waals surface area (Å²) in [5.41, 5.74) is 0. The largest absolute Gasteiger partial charge is 0.394 e. The van der Waals surface area contributed by atoms with Gasteiger partial charge in [0.25, 0.3) is 0 Å². The molecule has 17 atom stereocenters. The molecule has 19 heteroatoms. The Kier molecular flexibility index (Phi) is 50.3. The monoisotopic (exact) mass is 1310 g/mol. The van der Waals surface area contributed by atoms with E-state index in [2.05, 4.69) is 43.5 Å². The van der Waals surface area contributed by atoms with Gasteiger partial charge in [-0.25, -0.2) is 0 Å². The standard InChI is InChI=1S/C73H135NO18/c1-3-5-7-9-11-13-15-17-19-21-23-24-25-26-27-28-29-30-31-32-33-35-37-39-41-43-45-47-49-51-61(79)74-56(57(78)50-48-46-44-42-40-38-36-34-22-20-18-16-14-12-10-8-6-4-2)55-87-71-67(85)64(82)69(59(53-76)89-71)92-73-68(86)65(83)70(60(54-77)90-73)91-72-66(84)63(81)62(80)58(52-75)88-72/h21,23,40,42,48,50,56-60,62-73,75-78,80-86H,3-20,22,24-39,41,43-47,49,51-55H2,1-2H3,(H,74,79)/b23-21-,42-40+,50-48+. The van der Waals surface area contributed by atoms with Crippen LogP contribution in [0.15, 0.2) is 36.5 Å². The maximum absolute atomic E-state index is 13.4. The predicted molar refractivity (Wildman–Crippen MR) is 360 cm³/mol. The van der Waals surface area contributed by atoms with Crippen molar-refractivity contribution < 1.29 is 89.4 Å². The van der Waals surface area contributed by atoms with Gasteiger partial charge in [0.2, 0.25) is 5.91 Å². The normalized spacial score (nSPS) is 27.9. The second-order valence-electron chi connectivity index (χ2n) is 26.7. The molecule has 0 aromatic rings. The number of hydrogen-bond donors (Lipinski definition) is 12. The number of carbonyl (C=O) groups is 1. The fraction of sp³-hybridized carbons (Fsp3) is 0.904. The highest BCUT2D eigenvalue weighted by Crippen LogP contribution is 2.33. The minimum atomic E-state index is -1.98. The number of ether oxygens (including phenoxy) is 6. The van der Waals surface area contributed by atoms with E-state index in [1.807, 2.05) is 6.08 Å². The molecule has 3 aliphatic heterocycles. The molecule has 0 aromatic heterocycles. The van der Waals surface area contributed by atoms with Crippen LogP contribution < -0.4 is 5.32 Å². The average Bonchev–Trinajstić information content (AvgIpc) is 0.834. The van der Waals surface area contributed by atoms with Crippen molar-refractivity contribution in [3.8, 4) is 0 Å². The first-order valence-electron chi connectivity index (χ1n) is 37.2. The molecule has 3 heterocycles. The van der Waals surface area contributed by atoms with E-state index in [4.69, 9.17) is 28.4 Å². The summed E-state index contributed by atoms with van der Waals surface area (Å²) in [5, 5.41) is 121. The zero-order valence-electron chi connectivity index (χ0n) is 57.3. The molecule has 0 saturated carbocycles. The van der Waals surface area contributed by atoms with Gasteiger partial charge >= 0.3 is 0 Å². The summed E-state index contributed by atoms with van der Waals surface area (Å²) in [4.78, 5) is 13.4. The van der Waals surface area contributed by atoms with Crippen LogP contribution in [0.5, 0.6) is 0 Å². The highest BCUT2D eigenvalue weighted by molar-refractivity contribution is 5.76. The summed E-state index contributed by atoms with van der Waals surface area (Å²) in [6, 6.07) is -0.989. The van der Waals surface area contributed by atoms with E-state index < -0.39 is 124 Å². The van der Waals surface area contributed by atoms with Crippen LogP contribution in [0, 0.1) is 0 Å². The Morgan fingerprint density at radius 3 is 1.09 bits per heavy atom. The van der Waals surface area contributed by atoms with Gasteiger partial charge in [0, 0.05) is 6.42 Å². The molecule has 1 amide bonds. The molecule has 3 saturated heterocycles. The second kappa shape index (κ2) is 55.0. The molecule has 12 N–H and O–H groups in total. The smallest absolute Gasteiger partial charge is 0.220 e. The van der Waals surface area contributed by atoms with Crippen molar-refractivity contribution in [2.45, 2.75) is 394 Å². The quantitative estimate of drug-likeness (QED) is 0.0199. The lowest BCUT2D eigenvalue weighted by molar-refractivity contribution is -0.379. The highest BCUT2D eigenvalue weighted by atomic mass is 16.8. The first kappa shape index (κ1) is 84.2. The molecule has 17 unspecified atom stereocenters. The van der Waals surface area contributed by atoms with E-state index >= 15 is 0 Å². The molecule has 0 radical (unpaired) electrons. The Morgan fingerprint density at radius 2 is 0.696 bits per heavy atom. The number of allylic oxidation sites excluding steroid dienone is 5. The maximum Gasteiger partial charge on any atom is 0.220 e. The summed E-state index contributed by atoms with van der Waals surface area (Å²) < 4.78 is 34.4. The zero-order chi connectivity index (χ0) is 66.8. The van der Waals surface area contributed by atoms with Gasteiger partial charge in [0.05, 0.1) is 38.6 Å². The number of aliphatic hydroxyl groups is 11. The van der Waals surface area contributed by atoms with Gasteiger partial charge in [-0.15, -0.1) is 0 Å². The van der Waals surface area contributed by atoms with E-state index in [-0.39, 0.29) is 18.9 Å². The van der Waals surface area contributed by atoms with Crippen molar-refractivity contribution in [2.75, 3.05) is 26.4 Å². The number of aliphatic hydroxyl groups excluding tert-OH is 11. The van der Waals surface area contributed by atoms with Crippen molar-refractivity contribution in [2.24, 2.45) is 0 Å². The number of rotatable bonds is 58. The first-order valence-corrected chi connectivity index (χ1v) is 37.2. The van der Waals surface area contributed by atoms with Gasteiger partial charge in [-0.05, 0) is 57.8 Å². The van der Waals surface area contributed by atoms with Gasteiger partial charge in [0.1, 0.15) is 73.2 Å². The first-order chi connectivity index (χ1) is 44.8. The molecule has 540 valence electrons. The Hall–Kier alpha value is -1.99. The van der Waals surface area contributed by atoms with Crippen LogP contribution in [-0.4, -0.2) is 193 Å². The second-order valence-corrected chi connectivity index (χ2v) is 26.7. The third kappa shape index (κ3) is 36.0. The lowest BCUT2D eigenvalue weighted by Gasteiger charge is -2.48. The molecule has 0 bridgehead atoms. The van der Waals surface area contributed by atoms with Crippen LogP contribution in [0.2, 0.25) is 0 Å². The van der Waals surface area contributed by atoms with Crippen molar-refractivity contribution in [1.82, 2.24) is 5.32 Å². The number of nitrogens with one attached hydrogen (secondary N) is 1. The Morgan fingerprint density at radius 1 is 0.380 bits per heavy atom. The number of hydrogen-bond acceptors (Lipinski definition) is 18. The molecule has 3 rings (SSSR count). The van der Waals surface area contributed by atoms with Crippen molar-refractivity contribution >= 4 is 5.91 Å². The molecule has 3 aliphatic rings. The van der Waals surface area contributed by atoms with Crippen LogP contribution >= 0.6 is 0 Å². The summed E-state index contributed by atoms with van der Waals surface area (Å²) in [7, 11) is 0. The van der Waals surface area contributed by atoms with Crippen LogP contribution in [0.1, 0.15) is 290 Å². The summed E-state index contributed by atoms with van der Waals surface area (Å²) in [6.07, 6.45) is 38.5. The van der Waals surface area contributed by atoms with E-state index in [1.54, 1.807) is 6.08 Å². The van der Waals surface area contributed by atoms with E-state index in [0.29, 0.717) is 12.8 Å². The van der Waals surface area contributed by atoms with E-state index in [1.165, 1.54) is 218 Å². The molecule has 0 aromatic carbocycles. The number of carbonyl (C=O) groups excluding carboxylic acids is 1. The summed E-state index contributed by atoms with van der Waals surface area (Å²) in [6.45, 7) is 1.74. The minimum absolute atomic E-state index is 0.239. The van der Waals surface area contributed by atoms with Gasteiger partial charge in [-0.3, -0.25) is 4.79 Å².